The van der Waals surface area contributed by atoms with E-state index in [0.29, 0.717) is 6.42 Å². The van der Waals surface area contributed by atoms with E-state index in [1.54, 1.807) is 7.11 Å². The third kappa shape index (κ3) is 2.33. The number of hydrogen-bond donors (Lipinski definition) is 0. The number of ether oxygens (including phenoxy) is 2. The van der Waals surface area contributed by atoms with E-state index in [2.05, 4.69) is 12.1 Å². The maximum absolute atomic E-state index is 6.07. The van der Waals surface area contributed by atoms with Crippen LogP contribution in [0.5, 0.6) is 11.5 Å². The summed E-state index contributed by atoms with van der Waals surface area (Å²) in [6.07, 6.45) is 1.73. The van der Waals surface area contributed by atoms with Crippen molar-refractivity contribution in [3.8, 4) is 11.5 Å². The zero-order valence-corrected chi connectivity index (χ0v) is 12.6. The molecule has 0 fully saturated rings. The van der Waals surface area contributed by atoms with Crippen LogP contribution in [0.25, 0.3) is 0 Å². The molecule has 2 aliphatic heterocycles. The van der Waals surface area contributed by atoms with Gasteiger partial charge in [0.1, 0.15) is 23.7 Å². The van der Waals surface area contributed by atoms with E-state index in [4.69, 9.17) is 25.9 Å². The van der Waals surface area contributed by atoms with Gasteiger partial charge in [-0.3, -0.25) is 0 Å². The summed E-state index contributed by atoms with van der Waals surface area (Å²) >= 11 is 6.07. The smallest absolute Gasteiger partial charge is 0.149 e. The van der Waals surface area contributed by atoms with Crippen molar-refractivity contribution >= 4 is 17.3 Å². The highest BCUT2D eigenvalue weighted by atomic mass is 35.5. The topological polar surface area (TPSA) is 40.0 Å². The van der Waals surface area contributed by atoms with Crippen LogP contribution in [0.2, 0.25) is 0 Å². The molecular weight excluding hydrogens is 278 g/mol. The summed E-state index contributed by atoms with van der Waals surface area (Å²) < 4.78 is 11.3. The molecule has 4 nitrogen and oxygen atoms in total. The van der Waals surface area contributed by atoms with Crippen molar-refractivity contribution in [2.24, 2.45) is 5.16 Å². The number of alkyl halides is 1. The fraction of sp³-hybridized carbons (Fsp3) is 0.533. The Morgan fingerprint density at radius 2 is 2.20 bits per heavy atom. The highest BCUT2D eigenvalue weighted by molar-refractivity contribution is 6.21. The number of hydrogen-bond acceptors (Lipinski definition) is 4. The van der Waals surface area contributed by atoms with Crippen LogP contribution < -0.4 is 9.47 Å². The quantitative estimate of drug-likeness (QED) is 0.804. The zero-order valence-electron chi connectivity index (χ0n) is 11.9. The normalized spacial score (nSPS) is 25.5. The molecule has 0 aromatic heterocycles. The fourth-order valence-corrected chi connectivity index (χ4v) is 2.77. The minimum Gasteiger partial charge on any atom is -0.496 e. The standard InChI is InChI=1S/C15H18ClNO3/c1-8-4-10-5-15(18-3)11(6-14(10)19-8)12-7-13(9(2)16)20-17-12/h5-6,8-9,13H,4,7H2,1-3H3. The average molecular weight is 296 g/mol. The van der Waals surface area contributed by atoms with Gasteiger partial charge in [0.2, 0.25) is 0 Å². The van der Waals surface area contributed by atoms with Gasteiger partial charge >= 0.3 is 0 Å². The second kappa shape index (κ2) is 5.17. The molecule has 3 atom stereocenters. The monoisotopic (exact) mass is 295 g/mol. The molecule has 0 bridgehead atoms. The molecule has 5 heteroatoms. The van der Waals surface area contributed by atoms with Gasteiger partial charge in [0.15, 0.2) is 0 Å². The average Bonchev–Trinajstić information content (AvgIpc) is 3.01. The Kier molecular flexibility index (Phi) is 3.50. The third-order valence-electron chi connectivity index (χ3n) is 3.73. The van der Waals surface area contributed by atoms with E-state index in [1.165, 1.54) is 5.56 Å². The van der Waals surface area contributed by atoms with Gasteiger partial charge in [0, 0.05) is 24.0 Å². The minimum atomic E-state index is -0.0792. The number of halogens is 1. The molecule has 1 aromatic carbocycles. The van der Waals surface area contributed by atoms with Gasteiger partial charge in [-0.25, -0.2) is 0 Å². The molecule has 0 amide bonds. The zero-order chi connectivity index (χ0) is 14.3. The predicted molar refractivity (Wildman–Crippen MR) is 78.1 cm³/mol. The van der Waals surface area contributed by atoms with E-state index in [1.807, 2.05) is 19.1 Å². The molecule has 0 N–H and O–H groups in total. The number of oxime groups is 1. The van der Waals surface area contributed by atoms with Crippen LogP contribution in [0, 0.1) is 0 Å². The van der Waals surface area contributed by atoms with E-state index >= 15 is 0 Å². The van der Waals surface area contributed by atoms with Gasteiger partial charge in [0.05, 0.1) is 18.2 Å². The van der Waals surface area contributed by atoms with Crippen molar-refractivity contribution in [1.29, 1.82) is 0 Å². The summed E-state index contributed by atoms with van der Waals surface area (Å²) in [6, 6.07) is 4.04. The first kappa shape index (κ1) is 13.6. The number of rotatable bonds is 3. The molecule has 108 valence electrons. The first-order valence-corrected chi connectivity index (χ1v) is 7.27. The molecule has 0 spiro atoms. The van der Waals surface area contributed by atoms with Gasteiger partial charge < -0.3 is 14.3 Å². The van der Waals surface area contributed by atoms with Gasteiger partial charge in [-0.1, -0.05) is 5.16 Å². The minimum absolute atomic E-state index is 0.0760. The van der Waals surface area contributed by atoms with E-state index in [-0.39, 0.29) is 17.6 Å². The molecule has 0 aliphatic carbocycles. The molecule has 20 heavy (non-hydrogen) atoms. The lowest BCUT2D eigenvalue weighted by Crippen LogP contribution is -2.18. The SMILES string of the molecule is COc1cc2c(cc1C1=NOC(C(C)Cl)C1)OC(C)C2. The van der Waals surface area contributed by atoms with Gasteiger partial charge in [-0.2, -0.15) is 0 Å². The van der Waals surface area contributed by atoms with Crippen molar-refractivity contribution in [3.63, 3.8) is 0 Å². The number of methoxy groups -OCH3 is 1. The van der Waals surface area contributed by atoms with Crippen molar-refractivity contribution in [3.05, 3.63) is 23.3 Å². The molecule has 2 heterocycles. The Labute approximate surface area is 123 Å². The summed E-state index contributed by atoms with van der Waals surface area (Å²) in [6.45, 7) is 3.98. The van der Waals surface area contributed by atoms with Gasteiger partial charge in [0.25, 0.3) is 0 Å². The Morgan fingerprint density at radius 1 is 1.40 bits per heavy atom. The molecular formula is C15H18ClNO3. The summed E-state index contributed by atoms with van der Waals surface area (Å²) in [7, 11) is 1.67. The number of nitrogens with zero attached hydrogens (tertiary/aromatic N) is 1. The Balaban J connectivity index is 1.92. The first-order valence-electron chi connectivity index (χ1n) is 6.83. The number of benzene rings is 1. The van der Waals surface area contributed by atoms with Crippen LogP contribution in [-0.2, 0) is 11.3 Å². The molecule has 0 saturated heterocycles. The molecule has 0 radical (unpaired) electrons. The van der Waals surface area contributed by atoms with Crippen molar-refractivity contribution in [2.75, 3.05) is 7.11 Å². The van der Waals surface area contributed by atoms with Crippen LogP contribution in [0.15, 0.2) is 17.3 Å². The Hall–Kier alpha value is -1.42. The summed E-state index contributed by atoms with van der Waals surface area (Å²) in [5.41, 5.74) is 2.98. The number of fused-ring (bicyclic) bond motifs is 1. The van der Waals surface area contributed by atoms with Crippen molar-refractivity contribution in [1.82, 2.24) is 0 Å². The summed E-state index contributed by atoms with van der Waals surface area (Å²) in [5, 5.41) is 4.08. The van der Waals surface area contributed by atoms with Crippen LogP contribution >= 0.6 is 11.6 Å². The van der Waals surface area contributed by atoms with E-state index in [0.717, 1.165) is 29.2 Å². The molecule has 3 rings (SSSR count). The molecule has 3 unspecified atom stereocenters. The van der Waals surface area contributed by atoms with Crippen LogP contribution in [0.3, 0.4) is 0 Å². The fourth-order valence-electron chi connectivity index (χ4n) is 2.64. The first-order chi connectivity index (χ1) is 9.58. The van der Waals surface area contributed by atoms with E-state index in [9.17, 15) is 0 Å². The highest BCUT2D eigenvalue weighted by Gasteiger charge is 2.30. The lowest BCUT2D eigenvalue weighted by Gasteiger charge is -2.11. The maximum atomic E-state index is 6.07. The van der Waals surface area contributed by atoms with Crippen molar-refractivity contribution in [2.45, 2.75) is 44.3 Å². The van der Waals surface area contributed by atoms with Crippen LogP contribution in [0.4, 0.5) is 0 Å². The third-order valence-corrected chi connectivity index (χ3v) is 4.02. The highest BCUT2D eigenvalue weighted by Crippen LogP contribution is 2.37. The van der Waals surface area contributed by atoms with Gasteiger partial charge in [-0.05, 0) is 26.0 Å². The Bertz CT molecular complexity index is 556. The van der Waals surface area contributed by atoms with E-state index < -0.39 is 0 Å². The molecule has 0 saturated carbocycles. The summed E-state index contributed by atoms with van der Waals surface area (Å²) in [5.74, 6) is 1.73. The van der Waals surface area contributed by atoms with Gasteiger partial charge in [-0.15, -0.1) is 11.6 Å². The lowest BCUT2D eigenvalue weighted by atomic mass is 9.99. The Morgan fingerprint density at radius 3 is 2.85 bits per heavy atom. The lowest BCUT2D eigenvalue weighted by molar-refractivity contribution is 0.0855. The largest absolute Gasteiger partial charge is 0.496 e. The second-order valence-corrected chi connectivity index (χ2v) is 6.04. The maximum Gasteiger partial charge on any atom is 0.149 e. The van der Waals surface area contributed by atoms with Crippen LogP contribution in [-0.4, -0.2) is 30.4 Å². The second-order valence-electron chi connectivity index (χ2n) is 5.36. The molecule has 2 aliphatic rings. The van der Waals surface area contributed by atoms with Crippen LogP contribution in [0.1, 0.15) is 31.4 Å². The predicted octanol–water partition coefficient (Wildman–Crippen LogP) is 3.14. The van der Waals surface area contributed by atoms with Crippen molar-refractivity contribution < 1.29 is 14.3 Å². The molecule has 1 aromatic rings. The summed E-state index contributed by atoms with van der Waals surface area (Å²) in [4.78, 5) is 5.38.